The van der Waals surface area contributed by atoms with Gasteiger partial charge in [-0.2, -0.15) is 0 Å². The van der Waals surface area contributed by atoms with Crippen LogP contribution < -0.4 is 5.32 Å². The summed E-state index contributed by atoms with van der Waals surface area (Å²) in [5.41, 5.74) is -1.11. The third-order valence-electron chi connectivity index (χ3n) is 6.36. The van der Waals surface area contributed by atoms with E-state index < -0.39 is 17.6 Å². The van der Waals surface area contributed by atoms with Gasteiger partial charge in [0.25, 0.3) is 0 Å². The number of carboxylic acid groups (broad SMARTS) is 1. The lowest BCUT2D eigenvalue weighted by molar-refractivity contribution is -0.916. The van der Waals surface area contributed by atoms with Crippen molar-refractivity contribution >= 4 is 11.9 Å². The van der Waals surface area contributed by atoms with Gasteiger partial charge in [-0.25, -0.2) is 4.79 Å². The first-order chi connectivity index (χ1) is 14.2. The predicted molar refractivity (Wildman–Crippen MR) is 123 cm³/mol. The molecule has 0 aromatic carbocycles. The lowest BCUT2D eigenvalue weighted by Crippen LogP contribution is -2.71. The quantitative estimate of drug-likeness (QED) is 0.208. The third kappa shape index (κ3) is 9.78. The van der Waals surface area contributed by atoms with Crippen molar-refractivity contribution in [3.8, 4) is 0 Å². The standard InChI is InChI=1S/C24H48N2O4/c1-6-8-9-10-11-12-13-14-15-18-22(28)25-21(7-2)24(23(29)30,26(3,4)5)19-16-17-20-27/h21,27H,6-20H2,1-5H3,(H-,25,28,29,30)/p+1. The van der Waals surface area contributed by atoms with Crippen molar-refractivity contribution in [2.75, 3.05) is 27.7 Å². The van der Waals surface area contributed by atoms with Gasteiger partial charge < -0.3 is 20.0 Å². The first kappa shape index (κ1) is 28.9. The van der Waals surface area contributed by atoms with Crippen molar-refractivity contribution in [2.45, 2.75) is 115 Å². The summed E-state index contributed by atoms with van der Waals surface area (Å²) in [4.78, 5) is 25.0. The number of carbonyl (C=O) groups excluding carboxylic acids is 1. The highest BCUT2D eigenvalue weighted by molar-refractivity contribution is 5.81. The molecule has 2 unspecified atom stereocenters. The van der Waals surface area contributed by atoms with E-state index in [1.165, 1.54) is 38.5 Å². The summed E-state index contributed by atoms with van der Waals surface area (Å²) in [5, 5.41) is 22.4. The molecule has 6 nitrogen and oxygen atoms in total. The fourth-order valence-electron chi connectivity index (χ4n) is 4.45. The number of hydrogen-bond donors (Lipinski definition) is 3. The van der Waals surface area contributed by atoms with Crippen molar-refractivity contribution in [3.63, 3.8) is 0 Å². The van der Waals surface area contributed by atoms with Crippen LogP contribution in [0.5, 0.6) is 0 Å². The molecule has 6 heteroatoms. The minimum absolute atomic E-state index is 0.0500. The zero-order valence-corrected chi connectivity index (χ0v) is 20.3. The zero-order valence-electron chi connectivity index (χ0n) is 20.3. The molecule has 0 bridgehead atoms. The van der Waals surface area contributed by atoms with E-state index in [4.69, 9.17) is 5.11 Å². The summed E-state index contributed by atoms with van der Waals surface area (Å²) in [5.74, 6) is -0.936. The maximum absolute atomic E-state index is 12.6. The lowest BCUT2D eigenvalue weighted by Gasteiger charge is -2.47. The van der Waals surface area contributed by atoms with E-state index in [0.29, 0.717) is 32.1 Å². The molecule has 0 aliphatic heterocycles. The summed E-state index contributed by atoms with van der Waals surface area (Å²) in [6.45, 7) is 4.21. The summed E-state index contributed by atoms with van der Waals surface area (Å²) in [6.07, 6.45) is 13.4. The molecule has 0 heterocycles. The number of amides is 1. The molecule has 0 radical (unpaired) electrons. The van der Waals surface area contributed by atoms with Gasteiger partial charge in [0.15, 0.2) is 0 Å². The number of hydrogen-bond acceptors (Lipinski definition) is 3. The number of aliphatic hydroxyl groups is 1. The molecule has 0 aliphatic carbocycles. The van der Waals surface area contributed by atoms with E-state index in [-0.39, 0.29) is 17.0 Å². The van der Waals surface area contributed by atoms with Gasteiger partial charge in [0.2, 0.25) is 11.4 Å². The fourth-order valence-corrected chi connectivity index (χ4v) is 4.45. The molecule has 30 heavy (non-hydrogen) atoms. The van der Waals surface area contributed by atoms with Crippen LogP contribution in [0.15, 0.2) is 0 Å². The number of quaternary nitrogens is 1. The van der Waals surface area contributed by atoms with Crippen LogP contribution in [0.4, 0.5) is 0 Å². The molecule has 178 valence electrons. The molecular weight excluding hydrogens is 380 g/mol. The van der Waals surface area contributed by atoms with E-state index in [0.717, 1.165) is 19.3 Å². The van der Waals surface area contributed by atoms with Gasteiger partial charge in [-0.1, -0.05) is 65.2 Å². The molecule has 0 aliphatic rings. The number of unbranched alkanes of at least 4 members (excludes halogenated alkanes) is 9. The number of carboxylic acids is 1. The number of aliphatic carboxylic acids is 1. The van der Waals surface area contributed by atoms with Crippen LogP contribution in [0, 0.1) is 0 Å². The van der Waals surface area contributed by atoms with E-state index in [9.17, 15) is 14.7 Å². The van der Waals surface area contributed by atoms with Crippen LogP contribution >= 0.6 is 0 Å². The Hall–Kier alpha value is -1.14. The number of aliphatic hydroxyl groups excluding tert-OH is 1. The Morgan fingerprint density at radius 2 is 1.40 bits per heavy atom. The molecular formula is C24H49N2O4+. The maximum atomic E-state index is 12.6. The molecule has 0 aromatic heterocycles. The fraction of sp³-hybridized carbons (Fsp3) is 0.917. The first-order valence-corrected chi connectivity index (χ1v) is 12.1. The van der Waals surface area contributed by atoms with Gasteiger partial charge in [-0.05, 0) is 25.7 Å². The molecule has 0 fully saturated rings. The summed E-state index contributed by atoms with van der Waals surface area (Å²) in [7, 11) is 5.63. The van der Waals surface area contributed by atoms with Crippen LogP contribution in [0.2, 0.25) is 0 Å². The number of carbonyl (C=O) groups is 2. The molecule has 0 saturated heterocycles. The first-order valence-electron chi connectivity index (χ1n) is 12.1. The molecule has 0 aromatic rings. The molecule has 2 atom stereocenters. The van der Waals surface area contributed by atoms with Gasteiger partial charge in [0, 0.05) is 19.4 Å². The Morgan fingerprint density at radius 3 is 1.83 bits per heavy atom. The van der Waals surface area contributed by atoms with Gasteiger partial charge in [0.05, 0.1) is 27.2 Å². The summed E-state index contributed by atoms with van der Waals surface area (Å²) in [6, 6.07) is -0.445. The van der Waals surface area contributed by atoms with Crippen molar-refractivity contribution in [2.24, 2.45) is 0 Å². The highest BCUT2D eigenvalue weighted by Crippen LogP contribution is 2.32. The van der Waals surface area contributed by atoms with Crippen molar-refractivity contribution in [3.05, 3.63) is 0 Å². The van der Waals surface area contributed by atoms with Gasteiger partial charge in [-0.3, -0.25) is 4.79 Å². The number of rotatable bonds is 19. The number of nitrogens with zero attached hydrogens (tertiary/aromatic N) is 1. The number of nitrogens with one attached hydrogen (secondary N) is 1. The second-order valence-corrected chi connectivity index (χ2v) is 9.53. The third-order valence-corrected chi connectivity index (χ3v) is 6.36. The lowest BCUT2D eigenvalue weighted by atomic mass is 9.80. The summed E-state index contributed by atoms with van der Waals surface area (Å²) < 4.78 is 0.227. The Bertz CT molecular complexity index is 476. The molecule has 0 saturated carbocycles. The van der Waals surface area contributed by atoms with E-state index in [1.54, 1.807) is 0 Å². The minimum Gasteiger partial charge on any atom is -0.477 e. The van der Waals surface area contributed by atoms with Crippen LogP contribution in [0.1, 0.15) is 104 Å². The van der Waals surface area contributed by atoms with Crippen molar-refractivity contribution in [1.82, 2.24) is 5.32 Å². The van der Waals surface area contributed by atoms with E-state index >= 15 is 0 Å². The molecule has 0 rings (SSSR count). The Morgan fingerprint density at radius 1 is 0.867 bits per heavy atom. The second-order valence-electron chi connectivity index (χ2n) is 9.53. The smallest absolute Gasteiger partial charge is 0.367 e. The Balaban J connectivity index is 4.71. The largest absolute Gasteiger partial charge is 0.477 e. The molecule has 3 N–H and O–H groups in total. The highest BCUT2D eigenvalue weighted by Gasteiger charge is 2.56. The maximum Gasteiger partial charge on any atom is 0.367 e. The average Bonchev–Trinajstić information content (AvgIpc) is 2.67. The van der Waals surface area contributed by atoms with Crippen LogP contribution in [-0.2, 0) is 9.59 Å². The predicted octanol–water partition coefficient (Wildman–Crippen LogP) is 4.49. The van der Waals surface area contributed by atoms with Crippen molar-refractivity contribution in [1.29, 1.82) is 0 Å². The normalized spacial score (nSPS) is 14.9. The van der Waals surface area contributed by atoms with Gasteiger partial charge in [-0.15, -0.1) is 0 Å². The van der Waals surface area contributed by atoms with Crippen LogP contribution in [-0.4, -0.2) is 65.9 Å². The topological polar surface area (TPSA) is 86.6 Å². The second kappa shape index (κ2) is 15.6. The average molecular weight is 430 g/mol. The van der Waals surface area contributed by atoms with Crippen LogP contribution in [0.25, 0.3) is 0 Å². The van der Waals surface area contributed by atoms with Crippen LogP contribution in [0.3, 0.4) is 0 Å². The van der Waals surface area contributed by atoms with Gasteiger partial charge in [0.1, 0.15) is 0 Å². The number of likely N-dealkylation sites (N-methyl/N-ethyl adjacent to an activating group) is 1. The Kier molecular flexibility index (Phi) is 15.0. The monoisotopic (exact) mass is 429 g/mol. The minimum atomic E-state index is -1.11. The van der Waals surface area contributed by atoms with E-state index in [1.807, 2.05) is 28.1 Å². The zero-order chi connectivity index (χ0) is 23.0. The summed E-state index contributed by atoms with van der Waals surface area (Å²) >= 11 is 0. The SMILES string of the molecule is CCCCCCCCCCCC(=O)NC(CC)C(CCCCO)(C(=O)O)[N+](C)(C)C. The molecule has 0 spiro atoms. The van der Waals surface area contributed by atoms with Crippen molar-refractivity contribution < 1.29 is 24.3 Å². The van der Waals surface area contributed by atoms with Gasteiger partial charge >= 0.3 is 5.97 Å². The van der Waals surface area contributed by atoms with E-state index in [2.05, 4.69) is 12.2 Å². The highest BCUT2D eigenvalue weighted by atomic mass is 16.4. The molecule has 1 amide bonds. The Labute approximate surface area is 185 Å².